The third-order valence-electron chi connectivity index (χ3n) is 4.50. The van der Waals surface area contributed by atoms with Gasteiger partial charge in [-0.05, 0) is 42.8 Å². The first-order valence-electron chi connectivity index (χ1n) is 9.75. The van der Waals surface area contributed by atoms with Crippen LogP contribution < -0.4 is 10.0 Å². The Morgan fingerprint density at radius 1 is 1.24 bits per heavy atom. The molecule has 0 bridgehead atoms. The van der Waals surface area contributed by atoms with Crippen LogP contribution in [0, 0.1) is 11.3 Å². The maximum atomic E-state index is 12.4. The fourth-order valence-electron chi connectivity index (χ4n) is 3.08. The first kappa shape index (κ1) is 22.3. The second-order valence-electron chi connectivity index (χ2n) is 7.03. The number of benzene rings is 1. The van der Waals surface area contributed by atoms with Gasteiger partial charge in [-0.2, -0.15) is 5.26 Å². The number of nitrogens with zero attached hydrogens (tertiary/aromatic N) is 3. The van der Waals surface area contributed by atoms with Crippen molar-refractivity contribution >= 4 is 50.1 Å². The molecule has 0 atom stereocenters. The molecular formula is C21H17ClN6O4S. The van der Waals surface area contributed by atoms with Crippen molar-refractivity contribution in [2.24, 2.45) is 0 Å². The zero-order chi connectivity index (χ0) is 23.6. The summed E-state index contributed by atoms with van der Waals surface area (Å²) in [6, 6.07) is 11.0. The smallest absolute Gasteiger partial charge is 0.291 e. The number of imidazole rings is 1. The van der Waals surface area contributed by atoms with Crippen LogP contribution in [0.15, 0.2) is 47.0 Å². The highest BCUT2D eigenvalue weighted by molar-refractivity contribution is 7.92. The Morgan fingerprint density at radius 3 is 2.79 bits per heavy atom. The Kier molecular flexibility index (Phi) is 6.04. The van der Waals surface area contributed by atoms with E-state index in [-0.39, 0.29) is 17.3 Å². The number of fused-ring (bicyclic) bond motifs is 1. The molecule has 1 aromatic carbocycles. The summed E-state index contributed by atoms with van der Waals surface area (Å²) in [5, 5.41) is 11.9. The van der Waals surface area contributed by atoms with Gasteiger partial charge in [0, 0.05) is 11.3 Å². The van der Waals surface area contributed by atoms with Crippen molar-refractivity contribution in [2.75, 3.05) is 15.8 Å². The van der Waals surface area contributed by atoms with E-state index in [2.05, 4.69) is 25.0 Å². The van der Waals surface area contributed by atoms with Crippen molar-refractivity contribution in [3.05, 3.63) is 59.1 Å². The number of anilines is 2. The van der Waals surface area contributed by atoms with Crippen molar-refractivity contribution in [3.63, 3.8) is 0 Å². The summed E-state index contributed by atoms with van der Waals surface area (Å²) in [5.41, 5.74) is 2.11. The highest BCUT2D eigenvalue weighted by Crippen LogP contribution is 2.30. The van der Waals surface area contributed by atoms with Gasteiger partial charge in [0.25, 0.3) is 5.91 Å². The van der Waals surface area contributed by atoms with E-state index in [1.54, 1.807) is 31.2 Å². The zero-order valence-corrected chi connectivity index (χ0v) is 18.8. The number of furan rings is 1. The van der Waals surface area contributed by atoms with Crippen molar-refractivity contribution in [3.8, 4) is 17.5 Å². The topological polar surface area (TPSA) is 154 Å². The lowest BCUT2D eigenvalue weighted by Gasteiger charge is -2.07. The molecule has 0 spiro atoms. The van der Waals surface area contributed by atoms with Crippen LogP contribution in [-0.2, 0) is 10.0 Å². The standard InChI is InChI=1S/C21H17ClN6O4S/c1-2-7-33(30,31)28-13-9-17-20(24-11-13)27-19(26-17)15-8-12(3-5-16(15)22)25-21(29)18-6-4-14(10-23)32-18/h3-6,8-9,11,28H,2,7H2,1H3,(H,25,29)(H,24,26,27). The van der Waals surface area contributed by atoms with Gasteiger partial charge in [0.2, 0.25) is 15.8 Å². The van der Waals surface area contributed by atoms with Crippen LogP contribution in [0.25, 0.3) is 22.6 Å². The summed E-state index contributed by atoms with van der Waals surface area (Å²) in [4.78, 5) is 24.1. The first-order valence-corrected chi connectivity index (χ1v) is 11.8. The zero-order valence-electron chi connectivity index (χ0n) is 17.2. The summed E-state index contributed by atoms with van der Waals surface area (Å²) in [7, 11) is -3.46. The lowest BCUT2D eigenvalue weighted by Crippen LogP contribution is -2.16. The van der Waals surface area contributed by atoms with E-state index < -0.39 is 15.9 Å². The number of nitriles is 1. The van der Waals surface area contributed by atoms with Crippen molar-refractivity contribution < 1.29 is 17.6 Å². The molecular weight excluding hydrogens is 468 g/mol. The average Bonchev–Trinajstić information content (AvgIpc) is 3.41. The van der Waals surface area contributed by atoms with Gasteiger partial charge in [0.05, 0.1) is 28.2 Å². The Balaban J connectivity index is 1.61. The molecule has 0 saturated carbocycles. The monoisotopic (exact) mass is 484 g/mol. The molecule has 4 aromatic rings. The van der Waals surface area contributed by atoms with Crippen LogP contribution in [0.2, 0.25) is 5.02 Å². The van der Waals surface area contributed by atoms with Gasteiger partial charge < -0.3 is 14.7 Å². The molecule has 0 aliphatic heterocycles. The van der Waals surface area contributed by atoms with Gasteiger partial charge in [0.15, 0.2) is 11.4 Å². The van der Waals surface area contributed by atoms with Crippen molar-refractivity contribution in [2.45, 2.75) is 13.3 Å². The molecule has 168 valence electrons. The van der Waals surface area contributed by atoms with Gasteiger partial charge in [-0.1, -0.05) is 18.5 Å². The van der Waals surface area contributed by atoms with Crippen molar-refractivity contribution in [1.82, 2.24) is 15.0 Å². The molecule has 0 fully saturated rings. The maximum Gasteiger partial charge on any atom is 0.291 e. The van der Waals surface area contributed by atoms with Crippen LogP contribution in [0.5, 0.6) is 0 Å². The number of sulfonamides is 1. The number of halogens is 1. The molecule has 3 aromatic heterocycles. The summed E-state index contributed by atoms with van der Waals surface area (Å²) in [5.74, 6) is -0.113. The number of hydrogen-bond donors (Lipinski definition) is 3. The van der Waals surface area contributed by atoms with Crippen LogP contribution in [0.1, 0.15) is 29.7 Å². The molecule has 0 aliphatic rings. The third kappa shape index (κ3) is 4.97. The van der Waals surface area contributed by atoms with Crippen LogP contribution in [0.4, 0.5) is 11.4 Å². The number of amides is 1. The largest absolute Gasteiger partial charge is 0.440 e. The Morgan fingerprint density at radius 2 is 2.06 bits per heavy atom. The molecule has 0 radical (unpaired) electrons. The van der Waals surface area contributed by atoms with Crippen molar-refractivity contribution in [1.29, 1.82) is 5.26 Å². The quantitative estimate of drug-likeness (QED) is 0.356. The molecule has 10 nitrogen and oxygen atoms in total. The molecule has 0 saturated heterocycles. The normalized spacial score (nSPS) is 11.3. The maximum absolute atomic E-state index is 12.4. The Bertz CT molecular complexity index is 1500. The molecule has 4 rings (SSSR count). The predicted octanol–water partition coefficient (Wildman–Crippen LogP) is 4.15. The fourth-order valence-corrected chi connectivity index (χ4v) is 4.40. The minimum atomic E-state index is -3.46. The number of carbonyl (C=O) groups excluding carboxylic acids is 1. The van der Waals surface area contributed by atoms with Gasteiger partial charge in [-0.15, -0.1) is 0 Å². The number of H-pyrrole nitrogens is 1. The van der Waals surface area contributed by atoms with Gasteiger partial charge in [0.1, 0.15) is 11.9 Å². The predicted molar refractivity (Wildman–Crippen MR) is 123 cm³/mol. The van der Waals surface area contributed by atoms with E-state index in [9.17, 15) is 13.2 Å². The fraction of sp³-hybridized carbons (Fsp3) is 0.143. The lowest BCUT2D eigenvalue weighted by molar-refractivity contribution is 0.0996. The molecule has 0 unspecified atom stereocenters. The van der Waals surface area contributed by atoms with E-state index >= 15 is 0 Å². The van der Waals surface area contributed by atoms with Gasteiger partial charge in [-0.25, -0.2) is 18.4 Å². The van der Waals surface area contributed by atoms with Crippen LogP contribution in [0.3, 0.4) is 0 Å². The summed E-state index contributed by atoms with van der Waals surface area (Å²) >= 11 is 6.35. The highest BCUT2D eigenvalue weighted by atomic mass is 35.5. The second kappa shape index (κ2) is 8.93. The van der Waals surface area contributed by atoms with E-state index in [1.807, 2.05) is 6.07 Å². The average molecular weight is 485 g/mol. The van der Waals surface area contributed by atoms with E-state index in [0.29, 0.717) is 45.4 Å². The number of hydrogen-bond acceptors (Lipinski definition) is 7. The minimum absolute atomic E-state index is 0.00319. The van der Waals surface area contributed by atoms with E-state index in [4.69, 9.17) is 21.3 Å². The lowest BCUT2D eigenvalue weighted by atomic mass is 10.2. The summed E-state index contributed by atoms with van der Waals surface area (Å²) in [6.45, 7) is 1.78. The van der Waals surface area contributed by atoms with Gasteiger partial charge in [-0.3, -0.25) is 9.52 Å². The number of aromatic amines is 1. The van der Waals surface area contributed by atoms with Crippen LogP contribution in [-0.4, -0.2) is 35.0 Å². The SMILES string of the molecule is CCCS(=O)(=O)Nc1cnc2nc(-c3cc(NC(=O)c4ccc(C#N)o4)ccc3Cl)[nH]c2c1. The molecule has 12 heteroatoms. The minimum Gasteiger partial charge on any atom is -0.440 e. The number of aromatic nitrogens is 3. The van der Waals surface area contributed by atoms with E-state index in [0.717, 1.165) is 0 Å². The number of rotatable bonds is 7. The number of pyridine rings is 1. The molecule has 33 heavy (non-hydrogen) atoms. The Labute approximate surface area is 193 Å². The molecule has 1 amide bonds. The van der Waals surface area contributed by atoms with Crippen LogP contribution >= 0.6 is 11.6 Å². The number of nitrogens with one attached hydrogen (secondary N) is 3. The first-order chi connectivity index (χ1) is 15.8. The highest BCUT2D eigenvalue weighted by Gasteiger charge is 2.16. The Hall–Kier alpha value is -3.88. The van der Waals surface area contributed by atoms with Gasteiger partial charge >= 0.3 is 0 Å². The molecule has 0 aliphatic carbocycles. The van der Waals surface area contributed by atoms with E-state index in [1.165, 1.54) is 18.3 Å². The molecule has 3 N–H and O–H groups in total. The number of carbonyl (C=O) groups is 1. The summed E-state index contributed by atoms with van der Waals surface area (Å²) < 4.78 is 31.6. The molecule has 3 heterocycles. The second-order valence-corrected chi connectivity index (χ2v) is 9.28. The summed E-state index contributed by atoms with van der Waals surface area (Å²) in [6.07, 6.45) is 1.88. The third-order valence-corrected chi connectivity index (χ3v) is 6.32.